The third-order valence-electron chi connectivity index (χ3n) is 4.15. The minimum Gasteiger partial charge on any atom is -0.330 e. The van der Waals surface area contributed by atoms with Crippen LogP contribution in [0, 0.1) is 23.0 Å². The number of rotatable bonds is 3. The van der Waals surface area contributed by atoms with E-state index >= 15 is 0 Å². The van der Waals surface area contributed by atoms with E-state index in [0.29, 0.717) is 5.92 Å². The van der Waals surface area contributed by atoms with Crippen LogP contribution in [0.2, 0.25) is 0 Å². The number of nitrogens with one attached hydrogen (secondary N) is 1. The van der Waals surface area contributed by atoms with Crippen molar-refractivity contribution in [1.29, 1.82) is 0 Å². The fourth-order valence-electron chi connectivity index (χ4n) is 2.07. The number of fused-ring (bicyclic) bond motifs is 1. The smallest absolute Gasteiger partial charge is 0.178 e. The molecule has 98 valence electrons. The summed E-state index contributed by atoms with van der Waals surface area (Å²) in [5.74, 6) is 0.620. The van der Waals surface area contributed by atoms with E-state index in [1.165, 1.54) is 16.6 Å². The van der Waals surface area contributed by atoms with Gasteiger partial charge in [0.05, 0.1) is 11.0 Å². The van der Waals surface area contributed by atoms with Gasteiger partial charge in [0.2, 0.25) is 0 Å². The Hall–Kier alpha value is -1.09. The maximum absolute atomic E-state index is 5.47. The number of H-pyrrole nitrogens is 1. The number of nitrogens with zero attached hydrogens (tertiary/aromatic N) is 1. The quantitative estimate of drug-likeness (QED) is 0.796. The number of para-hydroxylation sites is 1. The molecule has 0 unspecified atom stereocenters. The summed E-state index contributed by atoms with van der Waals surface area (Å²) in [6, 6.07) is 6.36. The van der Waals surface area contributed by atoms with Gasteiger partial charge in [-0.25, -0.2) is 0 Å². The predicted octanol–water partition coefficient (Wildman–Crippen LogP) is 4.69. The van der Waals surface area contributed by atoms with Crippen LogP contribution in [0.5, 0.6) is 0 Å². The molecule has 0 aliphatic heterocycles. The van der Waals surface area contributed by atoms with Crippen molar-refractivity contribution in [2.75, 3.05) is 0 Å². The molecule has 1 N–H and O–H groups in total. The first-order valence-electron chi connectivity index (χ1n) is 6.51. The van der Waals surface area contributed by atoms with Crippen molar-refractivity contribution in [2.24, 2.45) is 11.3 Å². The zero-order chi connectivity index (χ0) is 13.5. The van der Waals surface area contributed by atoms with E-state index in [4.69, 9.17) is 12.2 Å². The summed E-state index contributed by atoms with van der Waals surface area (Å²) in [5.41, 5.74) is 3.87. The molecule has 0 bridgehead atoms. The molecule has 0 fully saturated rings. The van der Waals surface area contributed by atoms with Crippen LogP contribution in [0.3, 0.4) is 0 Å². The number of imidazole rings is 1. The van der Waals surface area contributed by atoms with Gasteiger partial charge in [-0.15, -0.1) is 0 Å². The lowest BCUT2D eigenvalue weighted by Gasteiger charge is -2.29. The molecule has 1 heterocycles. The zero-order valence-corrected chi connectivity index (χ0v) is 12.7. The lowest BCUT2D eigenvalue weighted by Crippen LogP contribution is -2.25. The molecule has 1 aromatic heterocycles. The standard InChI is InChI=1S/C15H22N2S/c1-10(2)15(4,5)9-17-12-8-6-7-11(3)13(12)16-14(17)18/h6-8,10H,9H2,1-5H3,(H,16,18). The molecule has 2 aromatic rings. The zero-order valence-electron chi connectivity index (χ0n) is 11.9. The van der Waals surface area contributed by atoms with Crippen molar-refractivity contribution in [3.05, 3.63) is 28.5 Å². The van der Waals surface area contributed by atoms with Crippen LogP contribution in [0.15, 0.2) is 18.2 Å². The van der Waals surface area contributed by atoms with Crippen molar-refractivity contribution in [3.63, 3.8) is 0 Å². The van der Waals surface area contributed by atoms with Crippen LogP contribution in [-0.4, -0.2) is 9.55 Å². The summed E-state index contributed by atoms with van der Waals surface area (Å²) < 4.78 is 3.06. The summed E-state index contributed by atoms with van der Waals surface area (Å²) in [6.45, 7) is 12.2. The van der Waals surface area contributed by atoms with Gasteiger partial charge < -0.3 is 9.55 Å². The van der Waals surface area contributed by atoms with Crippen LogP contribution < -0.4 is 0 Å². The normalized spacial score (nSPS) is 12.6. The monoisotopic (exact) mass is 262 g/mol. The summed E-state index contributed by atoms with van der Waals surface area (Å²) >= 11 is 5.47. The largest absolute Gasteiger partial charge is 0.330 e. The van der Waals surface area contributed by atoms with Gasteiger partial charge in [0.25, 0.3) is 0 Å². The second-order valence-corrected chi connectivity index (χ2v) is 6.52. The second kappa shape index (κ2) is 4.54. The van der Waals surface area contributed by atoms with Gasteiger partial charge in [-0.3, -0.25) is 0 Å². The van der Waals surface area contributed by atoms with Gasteiger partial charge in [0.15, 0.2) is 4.77 Å². The summed E-state index contributed by atoms with van der Waals surface area (Å²) in [6.07, 6.45) is 0. The van der Waals surface area contributed by atoms with E-state index < -0.39 is 0 Å². The Morgan fingerprint density at radius 1 is 1.33 bits per heavy atom. The highest BCUT2D eigenvalue weighted by atomic mass is 32.1. The highest BCUT2D eigenvalue weighted by molar-refractivity contribution is 7.71. The number of aryl methyl sites for hydroxylation is 1. The topological polar surface area (TPSA) is 20.7 Å². The average Bonchev–Trinajstić information content (AvgIpc) is 2.57. The number of aromatic nitrogens is 2. The van der Waals surface area contributed by atoms with Gasteiger partial charge >= 0.3 is 0 Å². The Morgan fingerprint density at radius 3 is 2.61 bits per heavy atom. The van der Waals surface area contributed by atoms with Crippen LogP contribution in [0.25, 0.3) is 11.0 Å². The SMILES string of the molecule is Cc1cccc2c1[nH]c(=S)n2CC(C)(C)C(C)C. The van der Waals surface area contributed by atoms with Crippen molar-refractivity contribution < 1.29 is 0 Å². The molecule has 0 amide bonds. The fraction of sp³-hybridized carbons (Fsp3) is 0.533. The van der Waals surface area contributed by atoms with Gasteiger partial charge in [-0.05, 0) is 42.1 Å². The van der Waals surface area contributed by atoms with E-state index in [-0.39, 0.29) is 5.41 Å². The Balaban J connectivity index is 2.56. The molecule has 0 radical (unpaired) electrons. The van der Waals surface area contributed by atoms with Gasteiger partial charge in [0, 0.05) is 6.54 Å². The Labute approximate surface area is 114 Å². The lowest BCUT2D eigenvalue weighted by atomic mass is 9.81. The van der Waals surface area contributed by atoms with E-state index in [1.54, 1.807) is 0 Å². The first-order valence-corrected chi connectivity index (χ1v) is 6.92. The third-order valence-corrected chi connectivity index (χ3v) is 4.47. The fourth-order valence-corrected chi connectivity index (χ4v) is 2.34. The van der Waals surface area contributed by atoms with E-state index in [0.717, 1.165) is 11.3 Å². The van der Waals surface area contributed by atoms with Crippen molar-refractivity contribution in [1.82, 2.24) is 9.55 Å². The molecule has 0 atom stereocenters. The van der Waals surface area contributed by atoms with Crippen LogP contribution in [-0.2, 0) is 6.54 Å². The summed E-state index contributed by atoms with van der Waals surface area (Å²) in [5, 5.41) is 0. The number of benzene rings is 1. The Kier molecular flexibility index (Phi) is 3.37. The van der Waals surface area contributed by atoms with Crippen LogP contribution >= 0.6 is 12.2 Å². The summed E-state index contributed by atoms with van der Waals surface area (Å²) in [7, 11) is 0. The molecule has 0 spiro atoms. The van der Waals surface area contributed by atoms with E-state index in [1.807, 2.05) is 0 Å². The molecular formula is C15H22N2S. The number of hydrogen-bond acceptors (Lipinski definition) is 1. The van der Waals surface area contributed by atoms with Gasteiger partial charge in [0.1, 0.15) is 0 Å². The molecular weight excluding hydrogens is 240 g/mol. The Bertz CT molecular complexity index is 617. The lowest BCUT2D eigenvalue weighted by molar-refractivity contribution is 0.212. The molecule has 2 nitrogen and oxygen atoms in total. The van der Waals surface area contributed by atoms with Crippen molar-refractivity contribution >= 4 is 23.3 Å². The average molecular weight is 262 g/mol. The minimum atomic E-state index is 0.233. The maximum Gasteiger partial charge on any atom is 0.178 e. The number of hydrogen-bond donors (Lipinski definition) is 1. The Morgan fingerprint density at radius 2 is 2.00 bits per heavy atom. The van der Waals surface area contributed by atoms with Crippen molar-refractivity contribution in [2.45, 2.75) is 41.2 Å². The van der Waals surface area contributed by atoms with E-state index in [2.05, 4.69) is 62.4 Å². The molecule has 0 aliphatic carbocycles. The molecule has 1 aromatic carbocycles. The minimum absolute atomic E-state index is 0.233. The van der Waals surface area contributed by atoms with Crippen molar-refractivity contribution in [3.8, 4) is 0 Å². The highest BCUT2D eigenvalue weighted by Crippen LogP contribution is 2.30. The predicted molar refractivity (Wildman–Crippen MR) is 80.5 cm³/mol. The van der Waals surface area contributed by atoms with Gasteiger partial charge in [-0.1, -0.05) is 39.8 Å². The van der Waals surface area contributed by atoms with Gasteiger partial charge in [-0.2, -0.15) is 0 Å². The summed E-state index contributed by atoms with van der Waals surface area (Å²) in [4.78, 5) is 3.33. The second-order valence-electron chi connectivity index (χ2n) is 6.13. The highest BCUT2D eigenvalue weighted by Gasteiger charge is 2.24. The molecule has 0 saturated carbocycles. The van der Waals surface area contributed by atoms with Crippen LogP contribution in [0.4, 0.5) is 0 Å². The third kappa shape index (κ3) is 2.24. The molecule has 2 rings (SSSR count). The van der Waals surface area contributed by atoms with Crippen LogP contribution in [0.1, 0.15) is 33.3 Å². The first-order chi connectivity index (χ1) is 8.33. The molecule has 0 saturated heterocycles. The molecule has 18 heavy (non-hydrogen) atoms. The number of aromatic amines is 1. The maximum atomic E-state index is 5.47. The first kappa shape index (κ1) is 13.3. The molecule has 3 heteroatoms. The molecule has 0 aliphatic rings. The van der Waals surface area contributed by atoms with E-state index in [9.17, 15) is 0 Å².